The molecular formula is C10H14N2O. The van der Waals surface area contributed by atoms with E-state index >= 15 is 0 Å². The van der Waals surface area contributed by atoms with E-state index in [2.05, 4.69) is 10.3 Å². The number of nitrogens with zero attached hydrogens (tertiary/aromatic N) is 1. The van der Waals surface area contributed by atoms with Crippen LogP contribution in [0.3, 0.4) is 0 Å². The van der Waals surface area contributed by atoms with Crippen molar-refractivity contribution in [2.75, 3.05) is 13.7 Å². The minimum Gasteiger partial charge on any atom is -0.481 e. The third kappa shape index (κ3) is 1.80. The number of hydrogen-bond donors (Lipinski definition) is 1. The Balaban J connectivity index is 2.32. The zero-order chi connectivity index (χ0) is 9.10. The summed E-state index contributed by atoms with van der Waals surface area (Å²) in [5.41, 5.74) is 2.68. The second kappa shape index (κ2) is 3.75. The van der Waals surface area contributed by atoms with Crippen molar-refractivity contribution in [3.63, 3.8) is 0 Å². The van der Waals surface area contributed by atoms with E-state index in [1.807, 2.05) is 12.3 Å². The van der Waals surface area contributed by atoms with Crippen molar-refractivity contribution in [1.29, 1.82) is 0 Å². The lowest BCUT2D eigenvalue weighted by molar-refractivity contribution is 0.397. The summed E-state index contributed by atoms with van der Waals surface area (Å²) in [6.45, 7) is 2.03. The lowest BCUT2D eigenvalue weighted by atomic mass is 10.1. The summed E-state index contributed by atoms with van der Waals surface area (Å²) in [6, 6.07) is 2.04. The van der Waals surface area contributed by atoms with Crippen LogP contribution in [0.4, 0.5) is 0 Å². The zero-order valence-electron chi connectivity index (χ0n) is 7.84. The van der Waals surface area contributed by atoms with E-state index in [9.17, 15) is 0 Å². The molecule has 0 radical (unpaired) electrons. The Bertz CT molecular complexity index is 299. The Morgan fingerprint density at radius 3 is 3.23 bits per heavy atom. The van der Waals surface area contributed by atoms with Gasteiger partial charge in [-0.25, -0.2) is 4.98 Å². The lowest BCUT2D eigenvalue weighted by Gasteiger charge is -2.06. The number of pyridine rings is 1. The molecule has 3 heteroatoms. The van der Waals surface area contributed by atoms with Crippen LogP contribution in [0.5, 0.6) is 5.88 Å². The molecule has 0 atom stereocenters. The zero-order valence-corrected chi connectivity index (χ0v) is 7.84. The summed E-state index contributed by atoms with van der Waals surface area (Å²) in [5.74, 6) is 0.723. The van der Waals surface area contributed by atoms with Gasteiger partial charge in [-0.15, -0.1) is 0 Å². The molecule has 1 aromatic rings. The van der Waals surface area contributed by atoms with Crippen LogP contribution >= 0.6 is 0 Å². The van der Waals surface area contributed by atoms with Gasteiger partial charge in [-0.2, -0.15) is 0 Å². The van der Waals surface area contributed by atoms with Gasteiger partial charge in [0.2, 0.25) is 5.88 Å². The second-order valence-corrected chi connectivity index (χ2v) is 3.28. The Morgan fingerprint density at radius 1 is 1.46 bits per heavy atom. The first-order valence-electron chi connectivity index (χ1n) is 4.62. The van der Waals surface area contributed by atoms with Crippen LogP contribution in [0, 0.1) is 0 Å². The third-order valence-electron chi connectivity index (χ3n) is 2.38. The quantitative estimate of drug-likeness (QED) is 0.700. The maximum Gasteiger partial charge on any atom is 0.213 e. The Hall–Kier alpha value is -1.09. The smallest absolute Gasteiger partial charge is 0.213 e. The summed E-state index contributed by atoms with van der Waals surface area (Å²) in [5, 5.41) is 3.36. The molecule has 0 spiro atoms. The van der Waals surface area contributed by atoms with Crippen LogP contribution in [0.2, 0.25) is 0 Å². The van der Waals surface area contributed by atoms with E-state index in [0.29, 0.717) is 0 Å². The highest BCUT2D eigenvalue weighted by atomic mass is 16.5. The van der Waals surface area contributed by atoms with Gasteiger partial charge < -0.3 is 10.1 Å². The fourth-order valence-corrected chi connectivity index (χ4v) is 1.63. The molecule has 1 N–H and O–H groups in total. The highest BCUT2D eigenvalue weighted by Gasteiger charge is 2.08. The van der Waals surface area contributed by atoms with Crippen molar-refractivity contribution in [1.82, 2.24) is 10.3 Å². The summed E-state index contributed by atoms with van der Waals surface area (Å²) in [6.07, 6.45) is 4.23. The van der Waals surface area contributed by atoms with Crippen molar-refractivity contribution in [3.05, 3.63) is 23.4 Å². The monoisotopic (exact) mass is 178 g/mol. The topological polar surface area (TPSA) is 34.1 Å². The van der Waals surface area contributed by atoms with E-state index in [-0.39, 0.29) is 0 Å². The van der Waals surface area contributed by atoms with Gasteiger partial charge in [0.25, 0.3) is 0 Å². The van der Waals surface area contributed by atoms with Crippen LogP contribution in [0.25, 0.3) is 0 Å². The first kappa shape index (κ1) is 8.51. The number of methoxy groups -OCH3 is 1. The van der Waals surface area contributed by atoms with Crippen molar-refractivity contribution in [2.24, 2.45) is 0 Å². The lowest BCUT2D eigenvalue weighted by Crippen LogP contribution is -2.12. The summed E-state index contributed by atoms with van der Waals surface area (Å²) in [4.78, 5) is 4.19. The van der Waals surface area contributed by atoms with Crippen LogP contribution in [-0.2, 0) is 13.0 Å². The Morgan fingerprint density at radius 2 is 2.38 bits per heavy atom. The predicted molar refractivity (Wildman–Crippen MR) is 50.8 cm³/mol. The minimum atomic E-state index is 0.723. The molecule has 2 heterocycles. The molecule has 2 rings (SSSR count). The van der Waals surface area contributed by atoms with Crippen LogP contribution in [0.1, 0.15) is 17.5 Å². The molecule has 0 fully saturated rings. The molecule has 0 saturated carbocycles. The Labute approximate surface area is 78.1 Å². The Kier molecular flexibility index (Phi) is 2.45. The van der Waals surface area contributed by atoms with Crippen molar-refractivity contribution in [3.8, 4) is 5.88 Å². The van der Waals surface area contributed by atoms with Gasteiger partial charge in [-0.05, 0) is 30.5 Å². The molecule has 1 aliphatic rings. The van der Waals surface area contributed by atoms with Gasteiger partial charge >= 0.3 is 0 Å². The largest absolute Gasteiger partial charge is 0.481 e. The van der Waals surface area contributed by atoms with Gasteiger partial charge in [-0.3, -0.25) is 0 Å². The summed E-state index contributed by atoms with van der Waals surface area (Å²) < 4.78 is 5.09. The molecule has 1 aliphatic heterocycles. The van der Waals surface area contributed by atoms with Gasteiger partial charge in [0.15, 0.2) is 0 Å². The van der Waals surface area contributed by atoms with E-state index in [1.54, 1.807) is 7.11 Å². The fourth-order valence-electron chi connectivity index (χ4n) is 1.63. The number of hydrogen-bond acceptors (Lipinski definition) is 3. The maximum absolute atomic E-state index is 5.09. The van der Waals surface area contributed by atoms with Crippen LogP contribution in [0.15, 0.2) is 12.3 Å². The number of nitrogens with one attached hydrogen (secondary N) is 1. The van der Waals surface area contributed by atoms with Crippen molar-refractivity contribution >= 4 is 0 Å². The molecule has 1 aromatic heterocycles. The second-order valence-electron chi connectivity index (χ2n) is 3.28. The molecular weight excluding hydrogens is 164 g/mol. The molecule has 0 bridgehead atoms. The SMILES string of the molecule is COc1cc2c(cn1)CNCCC2. The third-order valence-corrected chi connectivity index (χ3v) is 2.38. The number of aromatic nitrogens is 1. The summed E-state index contributed by atoms with van der Waals surface area (Å²) in [7, 11) is 1.66. The number of ether oxygens (including phenoxy) is 1. The van der Waals surface area contributed by atoms with E-state index < -0.39 is 0 Å². The molecule has 0 unspecified atom stereocenters. The number of rotatable bonds is 1. The van der Waals surface area contributed by atoms with Gasteiger partial charge in [-0.1, -0.05) is 0 Å². The summed E-state index contributed by atoms with van der Waals surface area (Å²) >= 11 is 0. The molecule has 0 aliphatic carbocycles. The number of aryl methyl sites for hydroxylation is 1. The predicted octanol–water partition coefficient (Wildman–Crippen LogP) is 1.13. The average Bonchev–Trinajstić information content (AvgIpc) is 2.41. The molecule has 13 heavy (non-hydrogen) atoms. The van der Waals surface area contributed by atoms with E-state index in [1.165, 1.54) is 17.5 Å². The molecule has 3 nitrogen and oxygen atoms in total. The van der Waals surface area contributed by atoms with Gasteiger partial charge in [0.05, 0.1) is 7.11 Å². The molecule has 0 saturated heterocycles. The van der Waals surface area contributed by atoms with Crippen LogP contribution in [-0.4, -0.2) is 18.6 Å². The highest BCUT2D eigenvalue weighted by molar-refractivity contribution is 5.30. The molecule has 0 aromatic carbocycles. The molecule has 0 amide bonds. The van der Waals surface area contributed by atoms with Crippen molar-refractivity contribution < 1.29 is 4.74 Å². The minimum absolute atomic E-state index is 0.723. The standard InChI is InChI=1S/C10H14N2O/c1-13-10-5-8-3-2-4-11-6-9(8)7-12-10/h5,7,11H,2-4,6H2,1H3. The van der Waals surface area contributed by atoms with Gasteiger partial charge in [0.1, 0.15) is 0 Å². The van der Waals surface area contributed by atoms with E-state index in [0.717, 1.165) is 25.4 Å². The average molecular weight is 178 g/mol. The highest BCUT2D eigenvalue weighted by Crippen LogP contribution is 2.17. The van der Waals surface area contributed by atoms with Gasteiger partial charge in [0, 0.05) is 18.8 Å². The molecule has 70 valence electrons. The first-order chi connectivity index (χ1) is 6.40. The normalized spacial score (nSPS) is 16.1. The first-order valence-corrected chi connectivity index (χ1v) is 4.62. The fraction of sp³-hybridized carbons (Fsp3) is 0.500. The van der Waals surface area contributed by atoms with Crippen LogP contribution < -0.4 is 10.1 Å². The van der Waals surface area contributed by atoms with Crippen molar-refractivity contribution in [2.45, 2.75) is 19.4 Å². The van der Waals surface area contributed by atoms with E-state index in [4.69, 9.17) is 4.74 Å². The maximum atomic E-state index is 5.09. The number of fused-ring (bicyclic) bond motifs is 1.